The first-order valence-corrected chi connectivity index (χ1v) is 9.60. The van der Waals surface area contributed by atoms with Gasteiger partial charge < -0.3 is 4.90 Å². The number of rotatable bonds is 4. The summed E-state index contributed by atoms with van der Waals surface area (Å²) >= 11 is 0. The maximum atomic E-state index is 12.7. The molecule has 2 aliphatic heterocycles. The van der Waals surface area contributed by atoms with Gasteiger partial charge in [-0.3, -0.25) is 9.69 Å². The van der Waals surface area contributed by atoms with Gasteiger partial charge in [0.1, 0.15) is 0 Å². The van der Waals surface area contributed by atoms with E-state index in [1.807, 2.05) is 17.0 Å². The van der Waals surface area contributed by atoms with Crippen LogP contribution in [0.4, 0.5) is 0 Å². The van der Waals surface area contributed by atoms with E-state index < -0.39 is 0 Å². The fourth-order valence-electron chi connectivity index (χ4n) is 4.03. The summed E-state index contributed by atoms with van der Waals surface area (Å²) in [5, 5.41) is 0. The summed E-state index contributed by atoms with van der Waals surface area (Å²) < 4.78 is 0. The monoisotopic (exact) mass is 346 g/mol. The molecule has 0 fully saturated rings. The van der Waals surface area contributed by atoms with Crippen LogP contribution in [-0.4, -0.2) is 34.8 Å². The highest BCUT2D eigenvalue weighted by atomic mass is 16.2. The molecule has 0 aromatic heterocycles. The standard InChI is InChI=1S/C23H26N2O/c1-2-22-8-5-14-25(22)23(26)20-11-9-18(10-12-20)16-24-15-13-19-6-3-4-7-21(19)17-24/h3-12,22H,2,13-17H2,1H3. The Hall–Kier alpha value is -2.39. The normalized spacial score (nSPS) is 19.6. The second-order valence-corrected chi connectivity index (χ2v) is 7.29. The molecule has 0 saturated heterocycles. The predicted octanol–water partition coefficient (Wildman–Crippen LogP) is 4.04. The molecule has 4 rings (SSSR count). The quantitative estimate of drug-likeness (QED) is 0.780. The lowest BCUT2D eigenvalue weighted by molar-refractivity contribution is 0.0747. The lowest BCUT2D eigenvalue weighted by Gasteiger charge is -2.28. The Morgan fingerprint density at radius 2 is 1.85 bits per heavy atom. The molecule has 3 heteroatoms. The van der Waals surface area contributed by atoms with Crippen LogP contribution in [0, 0.1) is 0 Å². The molecule has 2 aromatic rings. The fraction of sp³-hybridized carbons (Fsp3) is 0.348. The zero-order valence-electron chi connectivity index (χ0n) is 15.4. The Morgan fingerprint density at radius 1 is 1.08 bits per heavy atom. The average molecular weight is 346 g/mol. The van der Waals surface area contributed by atoms with Gasteiger partial charge in [0.05, 0.1) is 6.04 Å². The highest BCUT2D eigenvalue weighted by Gasteiger charge is 2.24. The van der Waals surface area contributed by atoms with E-state index >= 15 is 0 Å². The van der Waals surface area contributed by atoms with Crippen molar-refractivity contribution < 1.29 is 4.79 Å². The summed E-state index contributed by atoms with van der Waals surface area (Å²) in [6.07, 6.45) is 6.32. The van der Waals surface area contributed by atoms with Crippen LogP contribution in [0.3, 0.4) is 0 Å². The van der Waals surface area contributed by atoms with Gasteiger partial charge in [0.25, 0.3) is 5.91 Å². The first-order chi connectivity index (χ1) is 12.7. The van der Waals surface area contributed by atoms with Crippen LogP contribution in [0.25, 0.3) is 0 Å². The van der Waals surface area contributed by atoms with Crippen LogP contribution in [0.2, 0.25) is 0 Å². The van der Waals surface area contributed by atoms with E-state index in [1.54, 1.807) is 0 Å². The van der Waals surface area contributed by atoms with E-state index in [4.69, 9.17) is 0 Å². The Kier molecular flexibility index (Phi) is 4.89. The molecule has 1 unspecified atom stereocenters. The number of amides is 1. The van der Waals surface area contributed by atoms with Crippen LogP contribution in [0.15, 0.2) is 60.7 Å². The molecule has 2 aromatic carbocycles. The van der Waals surface area contributed by atoms with Gasteiger partial charge in [-0.2, -0.15) is 0 Å². The lowest BCUT2D eigenvalue weighted by Crippen LogP contribution is -2.35. The van der Waals surface area contributed by atoms with Crippen molar-refractivity contribution in [1.29, 1.82) is 0 Å². The van der Waals surface area contributed by atoms with Gasteiger partial charge in [-0.05, 0) is 41.7 Å². The molecule has 0 saturated carbocycles. The highest BCUT2D eigenvalue weighted by Crippen LogP contribution is 2.21. The largest absolute Gasteiger partial charge is 0.329 e. The molecular formula is C23H26N2O. The summed E-state index contributed by atoms with van der Waals surface area (Å²) in [5.41, 5.74) is 4.99. The number of benzene rings is 2. The molecule has 2 heterocycles. The Labute approximate surface area is 155 Å². The molecule has 0 radical (unpaired) electrons. The number of carbonyl (C=O) groups excluding carboxylic acids is 1. The second-order valence-electron chi connectivity index (χ2n) is 7.29. The summed E-state index contributed by atoms with van der Waals surface area (Å²) in [7, 11) is 0. The average Bonchev–Trinajstić information content (AvgIpc) is 3.17. The van der Waals surface area contributed by atoms with E-state index in [2.05, 4.69) is 60.4 Å². The van der Waals surface area contributed by atoms with Crippen LogP contribution in [0.5, 0.6) is 0 Å². The van der Waals surface area contributed by atoms with Crippen LogP contribution < -0.4 is 0 Å². The molecule has 2 aliphatic rings. The van der Waals surface area contributed by atoms with Crippen molar-refractivity contribution in [1.82, 2.24) is 9.80 Å². The van der Waals surface area contributed by atoms with Crippen molar-refractivity contribution in [2.45, 2.75) is 38.9 Å². The van der Waals surface area contributed by atoms with Crippen molar-refractivity contribution in [2.24, 2.45) is 0 Å². The Balaban J connectivity index is 1.40. The number of hydrogen-bond donors (Lipinski definition) is 0. The van der Waals surface area contributed by atoms with Gasteiger partial charge in [0.2, 0.25) is 0 Å². The van der Waals surface area contributed by atoms with Crippen molar-refractivity contribution in [3.63, 3.8) is 0 Å². The molecule has 1 amide bonds. The molecular weight excluding hydrogens is 320 g/mol. The topological polar surface area (TPSA) is 23.6 Å². The summed E-state index contributed by atoms with van der Waals surface area (Å²) in [6, 6.07) is 17.2. The predicted molar refractivity (Wildman–Crippen MR) is 105 cm³/mol. The second kappa shape index (κ2) is 7.46. The van der Waals surface area contributed by atoms with Gasteiger partial charge in [-0.1, -0.05) is 55.5 Å². The van der Waals surface area contributed by atoms with Crippen molar-refractivity contribution >= 4 is 5.91 Å². The summed E-state index contributed by atoms with van der Waals surface area (Å²) in [4.78, 5) is 17.2. The minimum absolute atomic E-state index is 0.139. The number of hydrogen-bond acceptors (Lipinski definition) is 2. The van der Waals surface area contributed by atoms with E-state index in [0.717, 1.165) is 44.6 Å². The molecule has 1 atom stereocenters. The van der Waals surface area contributed by atoms with Crippen molar-refractivity contribution in [2.75, 3.05) is 13.1 Å². The smallest absolute Gasteiger partial charge is 0.254 e. The molecule has 3 nitrogen and oxygen atoms in total. The maximum absolute atomic E-state index is 12.7. The first kappa shape index (κ1) is 17.0. The van der Waals surface area contributed by atoms with Crippen molar-refractivity contribution in [3.8, 4) is 0 Å². The fourth-order valence-corrected chi connectivity index (χ4v) is 4.03. The molecule has 0 bridgehead atoms. The van der Waals surface area contributed by atoms with Gasteiger partial charge in [-0.15, -0.1) is 0 Å². The van der Waals surface area contributed by atoms with Crippen LogP contribution >= 0.6 is 0 Å². The van der Waals surface area contributed by atoms with Gasteiger partial charge in [0, 0.05) is 31.7 Å². The van der Waals surface area contributed by atoms with Crippen LogP contribution in [-0.2, 0) is 19.5 Å². The number of carbonyl (C=O) groups is 1. The molecule has 0 N–H and O–H groups in total. The zero-order chi connectivity index (χ0) is 17.9. The maximum Gasteiger partial charge on any atom is 0.254 e. The minimum atomic E-state index is 0.139. The summed E-state index contributed by atoms with van der Waals surface area (Å²) in [6.45, 7) is 5.89. The van der Waals surface area contributed by atoms with E-state index in [9.17, 15) is 4.79 Å². The number of fused-ring (bicyclic) bond motifs is 1. The van der Waals surface area contributed by atoms with Gasteiger partial charge >= 0.3 is 0 Å². The van der Waals surface area contributed by atoms with Crippen molar-refractivity contribution in [3.05, 3.63) is 82.9 Å². The molecule has 134 valence electrons. The molecule has 0 spiro atoms. The van der Waals surface area contributed by atoms with Gasteiger partial charge in [0.15, 0.2) is 0 Å². The highest BCUT2D eigenvalue weighted by molar-refractivity contribution is 5.95. The van der Waals surface area contributed by atoms with E-state index in [1.165, 1.54) is 16.7 Å². The third kappa shape index (κ3) is 3.45. The first-order valence-electron chi connectivity index (χ1n) is 9.60. The summed E-state index contributed by atoms with van der Waals surface area (Å²) in [5.74, 6) is 0.139. The van der Waals surface area contributed by atoms with E-state index in [0.29, 0.717) is 0 Å². The lowest BCUT2D eigenvalue weighted by atomic mass is 9.99. The number of nitrogens with zero attached hydrogens (tertiary/aromatic N) is 2. The zero-order valence-corrected chi connectivity index (χ0v) is 15.4. The molecule has 26 heavy (non-hydrogen) atoms. The van der Waals surface area contributed by atoms with Crippen LogP contribution in [0.1, 0.15) is 40.4 Å². The Morgan fingerprint density at radius 3 is 2.62 bits per heavy atom. The van der Waals surface area contributed by atoms with Gasteiger partial charge in [-0.25, -0.2) is 0 Å². The third-order valence-corrected chi connectivity index (χ3v) is 5.56. The Bertz CT molecular complexity index is 809. The minimum Gasteiger partial charge on any atom is -0.329 e. The van der Waals surface area contributed by atoms with E-state index in [-0.39, 0.29) is 11.9 Å². The molecule has 0 aliphatic carbocycles. The SMILES string of the molecule is CCC1C=CCN1C(=O)c1ccc(CN2CCc3ccccc3C2)cc1. The third-order valence-electron chi connectivity index (χ3n) is 5.56.